The number of hydrogen-bond donors (Lipinski definition) is 1. The van der Waals surface area contributed by atoms with E-state index < -0.39 is 0 Å². The van der Waals surface area contributed by atoms with Crippen LogP contribution >= 0.6 is 15.9 Å². The Labute approximate surface area is 136 Å². The van der Waals surface area contributed by atoms with E-state index in [-0.39, 0.29) is 17.1 Å². The van der Waals surface area contributed by atoms with Crippen LogP contribution in [0.1, 0.15) is 15.9 Å². The molecule has 0 unspecified atom stereocenters. The Bertz CT molecular complexity index is 791. The average Bonchev–Trinajstić information content (AvgIpc) is 2.55. The van der Waals surface area contributed by atoms with E-state index in [1.165, 1.54) is 19.3 Å². The van der Waals surface area contributed by atoms with Gasteiger partial charge in [0.2, 0.25) is 5.78 Å². The molecule has 0 atom stereocenters. The number of halogens is 1. The number of phenols is 1. The van der Waals surface area contributed by atoms with E-state index in [9.17, 15) is 15.2 Å². The van der Waals surface area contributed by atoms with Crippen molar-refractivity contribution >= 4 is 27.8 Å². The lowest BCUT2D eigenvalue weighted by molar-refractivity contribution is 0.103. The molecular formula is C17H12BrNO3. The zero-order valence-electron chi connectivity index (χ0n) is 11.7. The number of rotatable bonds is 4. The maximum absolute atomic E-state index is 12.4. The summed E-state index contributed by atoms with van der Waals surface area (Å²) in [7, 11) is 1.51. The highest BCUT2D eigenvalue weighted by Gasteiger charge is 2.13. The van der Waals surface area contributed by atoms with Crippen LogP contribution in [0.4, 0.5) is 0 Å². The number of nitrogens with zero attached hydrogens (tertiary/aromatic N) is 1. The van der Waals surface area contributed by atoms with Gasteiger partial charge in [-0.1, -0.05) is 18.2 Å². The number of ether oxygens (including phenoxy) is 1. The van der Waals surface area contributed by atoms with Crippen LogP contribution in [0.3, 0.4) is 0 Å². The number of Topliss-reactive ketones (excluding diaryl/α,β-unsaturated/α-hetero) is 1. The van der Waals surface area contributed by atoms with Crippen LogP contribution in [0.15, 0.2) is 52.5 Å². The van der Waals surface area contributed by atoms with Crippen molar-refractivity contribution in [2.75, 3.05) is 7.11 Å². The van der Waals surface area contributed by atoms with Crippen LogP contribution in [-0.2, 0) is 0 Å². The van der Waals surface area contributed by atoms with Crippen LogP contribution in [-0.4, -0.2) is 18.0 Å². The van der Waals surface area contributed by atoms with Gasteiger partial charge in [0.1, 0.15) is 23.1 Å². The first-order valence-corrected chi connectivity index (χ1v) is 7.13. The number of methoxy groups -OCH3 is 1. The summed E-state index contributed by atoms with van der Waals surface area (Å²) in [5, 5.41) is 18.7. The van der Waals surface area contributed by atoms with E-state index in [4.69, 9.17) is 4.74 Å². The van der Waals surface area contributed by atoms with Crippen LogP contribution < -0.4 is 4.74 Å². The van der Waals surface area contributed by atoms with E-state index in [0.717, 1.165) is 0 Å². The van der Waals surface area contributed by atoms with Gasteiger partial charge in [0.15, 0.2) is 0 Å². The molecule has 0 saturated heterocycles. The number of carbonyl (C=O) groups is 1. The predicted molar refractivity (Wildman–Crippen MR) is 86.7 cm³/mol. The first kappa shape index (κ1) is 15.8. The lowest BCUT2D eigenvalue weighted by Crippen LogP contribution is -2.02. The SMILES string of the molecule is COc1cccc(C(=O)C(C#N)=Cc2ccc(O)c(Br)c2)c1. The molecule has 1 N–H and O–H groups in total. The van der Waals surface area contributed by atoms with Crippen LogP contribution in [0, 0.1) is 11.3 Å². The number of hydrogen-bond acceptors (Lipinski definition) is 4. The monoisotopic (exact) mass is 357 g/mol. The van der Waals surface area contributed by atoms with E-state index in [2.05, 4.69) is 15.9 Å². The topological polar surface area (TPSA) is 70.3 Å². The third-order valence-corrected chi connectivity index (χ3v) is 3.61. The summed E-state index contributed by atoms with van der Waals surface area (Å²) >= 11 is 3.20. The van der Waals surface area contributed by atoms with Crippen molar-refractivity contribution in [2.24, 2.45) is 0 Å². The van der Waals surface area contributed by atoms with Crippen molar-refractivity contribution in [2.45, 2.75) is 0 Å². The molecule has 5 heteroatoms. The second-order valence-electron chi connectivity index (χ2n) is 4.44. The van der Waals surface area contributed by atoms with Crippen molar-refractivity contribution in [3.8, 4) is 17.6 Å². The maximum atomic E-state index is 12.4. The summed E-state index contributed by atoms with van der Waals surface area (Å²) in [4.78, 5) is 12.4. The van der Waals surface area contributed by atoms with Crippen LogP contribution in [0.25, 0.3) is 6.08 Å². The lowest BCUT2D eigenvalue weighted by Gasteiger charge is -2.04. The highest BCUT2D eigenvalue weighted by Crippen LogP contribution is 2.26. The lowest BCUT2D eigenvalue weighted by atomic mass is 10.0. The minimum atomic E-state index is -0.384. The highest BCUT2D eigenvalue weighted by molar-refractivity contribution is 9.10. The number of aromatic hydroxyl groups is 1. The van der Waals surface area contributed by atoms with Crippen molar-refractivity contribution in [3.05, 3.63) is 63.6 Å². The third kappa shape index (κ3) is 3.54. The molecule has 2 rings (SSSR count). The van der Waals surface area contributed by atoms with Gasteiger partial charge in [0, 0.05) is 5.56 Å². The van der Waals surface area contributed by atoms with Gasteiger partial charge in [-0.15, -0.1) is 0 Å². The molecular weight excluding hydrogens is 346 g/mol. The van der Waals surface area contributed by atoms with E-state index in [0.29, 0.717) is 21.3 Å². The highest BCUT2D eigenvalue weighted by atomic mass is 79.9. The molecule has 0 radical (unpaired) electrons. The van der Waals surface area contributed by atoms with E-state index >= 15 is 0 Å². The van der Waals surface area contributed by atoms with Gasteiger partial charge in [0.25, 0.3) is 0 Å². The summed E-state index contributed by atoms with van der Waals surface area (Å²) in [6.07, 6.45) is 1.48. The summed E-state index contributed by atoms with van der Waals surface area (Å²) in [5.41, 5.74) is 1.02. The summed E-state index contributed by atoms with van der Waals surface area (Å²) < 4.78 is 5.57. The number of phenolic OH excluding ortho intramolecular Hbond substituents is 1. The Morgan fingerprint density at radius 1 is 1.32 bits per heavy atom. The second kappa shape index (κ2) is 6.92. The first-order chi connectivity index (χ1) is 10.5. The van der Waals surface area contributed by atoms with Crippen molar-refractivity contribution < 1.29 is 14.6 Å². The van der Waals surface area contributed by atoms with Crippen molar-refractivity contribution in [1.29, 1.82) is 5.26 Å². The molecule has 0 heterocycles. The molecule has 0 aliphatic heterocycles. The minimum Gasteiger partial charge on any atom is -0.507 e. The molecule has 0 amide bonds. The smallest absolute Gasteiger partial charge is 0.203 e. The standard InChI is InChI=1S/C17H12BrNO3/c1-22-14-4-2-3-12(9-14)17(21)13(10-19)7-11-5-6-16(20)15(18)8-11/h2-9,20H,1H3. The number of ketones is 1. The Hall–Kier alpha value is -2.58. The molecule has 22 heavy (non-hydrogen) atoms. The molecule has 110 valence electrons. The maximum Gasteiger partial charge on any atom is 0.203 e. The van der Waals surface area contributed by atoms with Gasteiger partial charge in [0.05, 0.1) is 11.6 Å². The number of nitriles is 1. The van der Waals surface area contributed by atoms with Crippen molar-refractivity contribution in [1.82, 2.24) is 0 Å². The van der Waals surface area contributed by atoms with Crippen LogP contribution in [0.5, 0.6) is 11.5 Å². The Kier molecular flexibility index (Phi) is 4.97. The molecule has 0 aliphatic carbocycles. The minimum absolute atomic E-state index is 0.00541. The molecule has 2 aromatic rings. The Morgan fingerprint density at radius 3 is 2.73 bits per heavy atom. The zero-order valence-corrected chi connectivity index (χ0v) is 13.3. The van der Waals surface area contributed by atoms with Gasteiger partial charge in [-0.3, -0.25) is 4.79 Å². The van der Waals surface area contributed by atoms with Gasteiger partial charge >= 0.3 is 0 Å². The van der Waals surface area contributed by atoms with Gasteiger partial charge in [-0.2, -0.15) is 5.26 Å². The molecule has 0 fully saturated rings. The van der Waals surface area contributed by atoms with Gasteiger partial charge < -0.3 is 9.84 Å². The fourth-order valence-corrected chi connectivity index (χ4v) is 2.24. The van der Waals surface area contributed by atoms with Gasteiger partial charge in [-0.25, -0.2) is 0 Å². The molecule has 0 saturated carbocycles. The fraction of sp³-hybridized carbons (Fsp3) is 0.0588. The zero-order chi connectivity index (χ0) is 16.1. The van der Waals surface area contributed by atoms with E-state index in [1.807, 2.05) is 6.07 Å². The number of carbonyl (C=O) groups excluding carboxylic acids is 1. The Morgan fingerprint density at radius 2 is 2.09 bits per heavy atom. The normalized spacial score (nSPS) is 10.9. The summed E-state index contributed by atoms with van der Waals surface area (Å²) in [6.45, 7) is 0. The fourth-order valence-electron chi connectivity index (χ4n) is 1.85. The third-order valence-electron chi connectivity index (χ3n) is 2.98. The van der Waals surface area contributed by atoms with Crippen molar-refractivity contribution in [3.63, 3.8) is 0 Å². The molecule has 0 bridgehead atoms. The second-order valence-corrected chi connectivity index (χ2v) is 5.30. The van der Waals surface area contributed by atoms with Crippen LogP contribution in [0.2, 0.25) is 0 Å². The molecule has 0 spiro atoms. The predicted octanol–water partition coefficient (Wildman–Crippen LogP) is 3.95. The molecule has 4 nitrogen and oxygen atoms in total. The average molecular weight is 358 g/mol. The Balaban J connectivity index is 2.38. The van der Waals surface area contributed by atoms with Gasteiger partial charge in [-0.05, 0) is 51.8 Å². The summed E-state index contributed by atoms with van der Waals surface area (Å²) in [6, 6.07) is 13.3. The van der Waals surface area contributed by atoms with E-state index in [1.54, 1.807) is 36.4 Å². The molecule has 2 aromatic carbocycles. The molecule has 0 aromatic heterocycles. The quantitative estimate of drug-likeness (QED) is 0.510. The number of allylic oxidation sites excluding steroid dienone is 1. The molecule has 0 aliphatic rings. The largest absolute Gasteiger partial charge is 0.507 e. The summed E-state index contributed by atoms with van der Waals surface area (Å²) in [5.74, 6) is 0.260. The first-order valence-electron chi connectivity index (χ1n) is 6.34. The number of benzene rings is 2.